The molecule has 1 saturated carbocycles. The van der Waals surface area contributed by atoms with Crippen LogP contribution in [0.25, 0.3) is 0 Å². The van der Waals surface area contributed by atoms with Crippen molar-refractivity contribution in [3.8, 4) is 0 Å². The second-order valence-corrected chi connectivity index (χ2v) is 4.22. The first kappa shape index (κ1) is 13.7. The van der Waals surface area contributed by atoms with Gasteiger partial charge in [-0.2, -0.15) is 0 Å². The molecule has 1 nitrogen and oxygen atoms in total. The van der Waals surface area contributed by atoms with Crippen LogP contribution in [0.15, 0.2) is 11.1 Å². The highest BCUT2D eigenvalue weighted by Gasteiger charge is 2.15. The van der Waals surface area contributed by atoms with Crippen LogP contribution in [0.2, 0.25) is 0 Å². The van der Waals surface area contributed by atoms with Gasteiger partial charge in [-0.15, -0.1) is 0 Å². The van der Waals surface area contributed by atoms with E-state index in [0.29, 0.717) is 6.04 Å². The molecule has 1 rings (SSSR count). The molecule has 0 aromatic rings. The molecule has 0 aromatic heterocycles. The number of rotatable bonds is 1. The SMILES string of the molecule is CC/C(C)=C1\CCCCC1N.CCC. The minimum Gasteiger partial charge on any atom is -0.324 e. The Morgan fingerprint density at radius 2 is 1.86 bits per heavy atom. The lowest BCUT2D eigenvalue weighted by Crippen LogP contribution is -2.26. The Hall–Kier alpha value is -0.300. The molecule has 14 heavy (non-hydrogen) atoms. The van der Waals surface area contributed by atoms with Crippen molar-refractivity contribution in [2.45, 2.75) is 72.3 Å². The Kier molecular flexibility index (Phi) is 7.87. The van der Waals surface area contributed by atoms with Crippen LogP contribution >= 0.6 is 0 Å². The minimum atomic E-state index is 0.378. The zero-order chi connectivity index (χ0) is 11.0. The highest BCUT2D eigenvalue weighted by molar-refractivity contribution is 5.19. The average molecular weight is 197 g/mol. The molecule has 84 valence electrons. The fourth-order valence-corrected chi connectivity index (χ4v) is 1.80. The summed E-state index contributed by atoms with van der Waals surface area (Å²) >= 11 is 0. The van der Waals surface area contributed by atoms with Crippen molar-refractivity contribution in [2.24, 2.45) is 5.73 Å². The monoisotopic (exact) mass is 197 g/mol. The molecule has 1 aliphatic carbocycles. The predicted octanol–water partition coefficient (Wildman–Crippen LogP) is 4.03. The Bertz CT molecular complexity index is 170. The maximum Gasteiger partial charge on any atom is 0.0256 e. The summed E-state index contributed by atoms with van der Waals surface area (Å²) in [6.07, 6.45) is 7.54. The molecular formula is C13H27N. The van der Waals surface area contributed by atoms with Gasteiger partial charge in [-0.05, 0) is 32.6 Å². The van der Waals surface area contributed by atoms with Crippen molar-refractivity contribution in [1.29, 1.82) is 0 Å². The summed E-state index contributed by atoms with van der Waals surface area (Å²) < 4.78 is 0. The Morgan fingerprint density at radius 3 is 2.29 bits per heavy atom. The minimum absolute atomic E-state index is 0.378. The van der Waals surface area contributed by atoms with Crippen molar-refractivity contribution in [3.63, 3.8) is 0 Å². The third kappa shape index (κ3) is 4.80. The van der Waals surface area contributed by atoms with Crippen LogP contribution in [-0.2, 0) is 0 Å². The Morgan fingerprint density at radius 1 is 1.29 bits per heavy atom. The lowest BCUT2D eigenvalue weighted by molar-refractivity contribution is 0.529. The van der Waals surface area contributed by atoms with Crippen LogP contribution in [-0.4, -0.2) is 6.04 Å². The van der Waals surface area contributed by atoms with E-state index in [2.05, 4.69) is 27.7 Å². The van der Waals surface area contributed by atoms with E-state index in [1.165, 1.54) is 44.1 Å². The topological polar surface area (TPSA) is 26.0 Å². The van der Waals surface area contributed by atoms with Crippen LogP contribution in [0.5, 0.6) is 0 Å². The van der Waals surface area contributed by atoms with Crippen LogP contribution in [0, 0.1) is 0 Å². The Balaban J connectivity index is 0.000000500. The van der Waals surface area contributed by atoms with Gasteiger partial charge in [0.1, 0.15) is 0 Å². The molecule has 1 aliphatic rings. The fourth-order valence-electron chi connectivity index (χ4n) is 1.80. The van der Waals surface area contributed by atoms with Gasteiger partial charge in [-0.3, -0.25) is 0 Å². The summed E-state index contributed by atoms with van der Waals surface area (Å²) in [6.45, 7) is 8.68. The number of allylic oxidation sites excluding steroid dienone is 1. The summed E-state index contributed by atoms with van der Waals surface area (Å²) in [5.74, 6) is 0. The smallest absolute Gasteiger partial charge is 0.0256 e. The van der Waals surface area contributed by atoms with Crippen LogP contribution in [0.4, 0.5) is 0 Å². The van der Waals surface area contributed by atoms with Gasteiger partial charge < -0.3 is 5.73 Å². The van der Waals surface area contributed by atoms with Crippen molar-refractivity contribution in [1.82, 2.24) is 0 Å². The standard InChI is InChI=1S/C10H19N.C3H8/c1-3-8(2)9-6-4-5-7-10(9)11;1-3-2/h10H,3-7,11H2,1-2H3;3H2,1-2H3/b9-8+;. The molecule has 0 amide bonds. The largest absolute Gasteiger partial charge is 0.324 e. The fraction of sp³-hybridized carbons (Fsp3) is 0.846. The van der Waals surface area contributed by atoms with Crippen molar-refractivity contribution in [2.75, 3.05) is 0 Å². The van der Waals surface area contributed by atoms with E-state index in [9.17, 15) is 0 Å². The van der Waals surface area contributed by atoms with Gasteiger partial charge in [0.25, 0.3) is 0 Å². The lowest BCUT2D eigenvalue weighted by atomic mass is 9.87. The van der Waals surface area contributed by atoms with Crippen molar-refractivity contribution < 1.29 is 0 Å². The molecule has 2 N–H and O–H groups in total. The zero-order valence-corrected chi connectivity index (χ0v) is 10.4. The summed E-state index contributed by atoms with van der Waals surface area (Å²) in [6, 6.07) is 0.378. The zero-order valence-electron chi connectivity index (χ0n) is 10.4. The van der Waals surface area contributed by atoms with Crippen molar-refractivity contribution >= 4 is 0 Å². The number of nitrogens with two attached hydrogens (primary N) is 1. The third-order valence-corrected chi connectivity index (χ3v) is 2.74. The molecule has 1 unspecified atom stereocenters. The second kappa shape index (κ2) is 8.05. The van der Waals surface area contributed by atoms with Gasteiger partial charge in [-0.1, -0.05) is 44.8 Å². The molecule has 0 bridgehead atoms. The number of hydrogen-bond acceptors (Lipinski definition) is 1. The van der Waals surface area contributed by atoms with Gasteiger partial charge in [-0.25, -0.2) is 0 Å². The molecule has 0 radical (unpaired) electrons. The molecule has 1 heteroatoms. The summed E-state index contributed by atoms with van der Waals surface area (Å²) in [4.78, 5) is 0. The van der Waals surface area contributed by atoms with Crippen LogP contribution in [0.3, 0.4) is 0 Å². The molecule has 0 aliphatic heterocycles. The maximum atomic E-state index is 6.00. The van der Waals surface area contributed by atoms with Gasteiger partial charge in [0, 0.05) is 6.04 Å². The Labute approximate surface area is 89.8 Å². The molecule has 0 saturated heterocycles. The summed E-state index contributed by atoms with van der Waals surface area (Å²) in [5.41, 5.74) is 9.06. The highest BCUT2D eigenvalue weighted by Crippen LogP contribution is 2.25. The van der Waals surface area contributed by atoms with E-state index < -0.39 is 0 Å². The first-order valence-corrected chi connectivity index (χ1v) is 6.11. The normalized spacial score (nSPS) is 25.1. The van der Waals surface area contributed by atoms with Gasteiger partial charge in [0.2, 0.25) is 0 Å². The molecule has 0 aromatic carbocycles. The van der Waals surface area contributed by atoms with Crippen LogP contribution in [0.1, 0.15) is 66.2 Å². The maximum absolute atomic E-state index is 6.00. The van der Waals surface area contributed by atoms with E-state index in [-0.39, 0.29) is 0 Å². The van der Waals surface area contributed by atoms with Crippen LogP contribution < -0.4 is 5.73 Å². The van der Waals surface area contributed by atoms with E-state index >= 15 is 0 Å². The van der Waals surface area contributed by atoms with Gasteiger partial charge in [0.05, 0.1) is 0 Å². The third-order valence-electron chi connectivity index (χ3n) is 2.74. The quantitative estimate of drug-likeness (QED) is 0.631. The number of hydrogen-bond donors (Lipinski definition) is 1. The van der Waals surface area contributed by atoms with Crippen molar-refractivity contribution in [3.05, 3.63) is 11.1 Å². The summed E-state index contributed by atoms with van der Waals surface area (Å²) in [7, 11) is 0. The predicted molar refractivity (Wildman–Crippen MR) is 65.4 cm³/mol. The van der Waals surface area contributed by atoms with Gasteiger partial charge in [0.15, 0.2) is 0 Å². The average Bonchev–Trinajstić information content (AvgIpc) is 2.19. The molecule has 1 fully saturated rings. The van der Waals surface area contributed by atoms with E-state index in [4.69, 9.17) is 5.73 Å². The molecule has 1 atom stereocenters. The van der Waals surface area contributed by atoms with E-state index in [0.717, 1.165) is 0 Å². The summed E-state index contributed by atoms with van der Waals surface area (Å²) in [5, 5.41) is 0. The first-order valence-electron chi connectivity index (χ1n) is 6.11. The molecule has 0 heterocycles. The molecule has 0 spiro atoms. The highest BCUT2D eigenvalue weighted by atomic mass is 14.6. The lowest BCUT2D eigenvalue weighted by Gasteiger charge is -2.23. The van der Waals surface area contributed by atoms with Gasteiger partial charge >= 0.3 is 0 Å². The van der Waals surface area contributed by atoms with E-state index in [1.807, 2.05) is 0 Å². The van der Waals surface area contributed by atoms with E-state index in [1.54, 1.807) is 5.57 Å². The second-order valence-electron chi connectivity index (χ2n) is 4.22. The molecular weight excluding hydrogens is 170 g/mol. The first-order chi connectivity index (χ1) is 6.67.